The van der Waals surface area contributed by atoms with Crippen LogP contribution in [0.1, 0.15) is 11.1 Å². The van der Waals surface area contributed by atoms with E-state index in [0.29, 0.717) is 16.6 Å². The van der Waals surface area contributed by atoms with Crippen LogP contribution in [0.15, 0.2) is 49.3 Å². The van der Waals surface area contributed by atoms with Gasteiger partial charge in [-0.05, 0) is 49.2 Å². The zero-order valence-corrected chi connectivity index (χ0v) is 18.2. The molecule has 1 aromatic heterocycles. The van der Waals surface area contributed by atoms with Crippen LogP contribution < -0.4 is 10.5 Å². The van der Waals surface area contributed by atoms with Crippen molar-refractivity contribution >= 4 is 36.8 Å². The molecule has 0 amide bonds. The molecule has 1 heterocycles. The van der Waals surface area contributed by atoms with Crippen molar-refractivity contribution in [1.82, 2.24) is 8.87 Å². The fourth-order valence-electron chi connectivity index (χ4n) is 2.78. The predicted molar refractivity (Wildman–Crippen MR) is 109 cm³/mol. The van der Waals surface area contributed by atoms with E-state index < -0.39 is 25.8 Å². The molecule has 0 fully saturated rings. The van der Waals surface area contributed by atoms with Gasteiger partial charge in [-0.1, -0.05) is 0 Å². The van der Waals surface area contributed by atoms with Gasteiger partial charge in [0.25, 0.3) is 10.0 Å². The molecule has 0 bridgehead atoms. The first-order valence-corrected chi connectivity index (χ1v) is 11.4. The molecule has 156 valence electrons. The smallest absolute Gasteiger partial charge is 0.408 e. The summed E-state index contributed by atoms with van der Waals surface area (Å²) < 4.78 is 60.5. The molecule has 0 saturated heterocycles. The van der Waals surface area contributed by atoms with Crippen LogP contribution in [-0.2, 0) is 27.1 Å². The number of hydrogen-bond donors (Lipinski definition) is 1. The second-order valence-electron chi connectivity index (χ2n) is 6.86. The highest BCUT2D eigenvalue weighted by atomic mass is 32.2. The number of aromatic nitrogens is 1. The normalized spacial score (nSPS) is 12.6. The number of sulfonamides is 2. The summed E-state index contributed by atoms with van der Waals surface area (Å²) in [4.78, 5) is 11.5. The van der Waals surface area contributed by atoms with Gasteiger partial charge in [-0.2, -0.15) is 0 Å². The Labute approximate surface area is 168 Å². The molecule has 3 rings (SSSR count). The van der Waals surface area contributed by atoms with Gasteiger partial charge >= 0.3 is 5.76 Å². The summed E-state index contributed by atoms with van der Waals surface area (Å²) in [6.45, 7) is 3.39. The molecule has 0 saturated carbocycles. The average Bonchev–Trinajstić information content (AvgIpc) is 2.92. The number of aryl methyl sites for hydroxylation is 2. The third kappa shape index (κ3) is 3.68. The van der Waals surface area contributed by atoms with Crippen LogP contribution in [0.5, 0.6) is 0 Å². The first-order chi connectivity index (χ1) is 13.3. The third-order valence-corrected chi connectivity index (χ3v) is 7.89. The summed E-state index contributed by atoms with van der Waals surface area (Å²) in [7, 11) is -3.49. The van der Waals surface area contributed by atoms with Crippen molar-refractivity contribution in [3.05, 3.63) is 52.0 Å². The van der Waals surface area contributed by atoms with Crippen molar-refractivity contribution in [1.29, 1.82) is 0 Å². The second-order valence-corrected chi connectivity index (χ2v) is 10.7. The van der Waals surface area contributed by atoms with Gasteiger partial charge in [-0.25, -0.2) is 25.9 Å². The number of oxazole rings is 1. The van der Waals surface area contributed by atoms with Crippen LogP contribution in [0.3, 0.4) is 0 Å². The molecule has 9 nitrogen and oxygen atoms in total. The minimum Gasteiger partial charge on any atom is -0.408 e. The number of fused-ring (bicyclic) bond motifs is 1. The summed E-state index contributed by atoms with van der Waals surface area (Å²) in [5.41, 5.74) is 1.96. The summed E-state index contributed by atoms with van der Waals surface area (Å²) in [5, 5.41) is 0. The van der Waals surface area contributed by atoms with Crippen LogP contribution in [-0.4, -0.2) is 39.8 Å². The maximum Gasteiger partial charge on any atom is 0.419 e. The topological polar surface area (TPSA) is 119 Å². The molecular formula is C18H21N3O6S2. The highest BCUT2D eigenvalue weighted by molar-refractivity contribution is 7.92. The summed E-state index contributed by atoms with van der Waals surface area (Å²) >= 11 is 0. The molecule has 0 aliphatic carbocycles. The Kier molecular flexibility index (Phi) is 5.10. The molecule has 29 heavy (non-hydrogen) atoms. The van der Waals surface area contributed by atoms with E-state index >= 15 is 0 Å². The maximum atomic E-state index is 12.9. The molecule has 0 radical (unpaired) electrons. The summed E-state index contributed by atoms with van der Waals surface area (Å²) in [5.74, 6) is -0.601. The monoisotopic (exact) mass is 439 g/mol. The molecule has 1 N–H and O–H groups in total. The summed E-state index contributed by atoms with van der Waals surface area (Å²) in [6.07, 6.45) is 0. The van der Waals surface area contributed by atoms with Gasteiger partial charge in [0.15, 0.2) is 5.58 Å². The molecule has 0 aliphatic heterocycles. The van der Waals surface area contributed by atoms with Gasteiger partial charge in [0.1, 0.15) is 0 Å². The average molecular weight is 440 g/mol. The van der Waals surface area contributed by atoms with Crippen LogP contribution in [0.2, 0.25) is 0 Å². The first kappa shape index (κ1) is 21.1. The van der Waals surface area contributed by atoms with Gasteiger partial charge in [0.05, 0.1) is 21.0 Å². The van der Waals surface area contributed by atoms with E-state index in [4.69, 9.17) is 4.42 Å². The number of nitrogens with one attached hydrogen (secondary N) is 1. The van der Waals surface area contributed by atoms with Crippen molar-refractivity contribution in [2.45, 2.75) is 23.6 Å². The van der Waals surface area contributed by atoms with Gasteiger partial charge < -0.3 is 4.42 Å². The molecule has 11 heteroatoms. The first-order valence-electron chi connectivity index (χ1n) is 8.51. The number of nitrogens with zero attached hydrogens (tertiary/aromatic N) is 2. The largest absolute Gasteiger partial charge is 0.419 e. The lowest BCUT2D eigenvalue weighted by atomic mass is 10.1. The quantitative estimate of drug-likeness (QED) is 0.648. The van der Waals surface area contributed by atoms with Crippen LogP contribution in [0.25, 0.3) is 11.1 Å². The lowest BCUT2D eigenvalue weighted by Crippen LogP contribution is -2.23. The van der Waals surface area contributed by atoms with Gasteiger partial charge in [0.2, 0.25) is 10.0 Å². The van der Waals surface area contributed by atoms with Crippen molar-refractivity contribution < 1.29 is 21.3 Å². The van der Waals surface area contributed by atoms with E-state index in [1.807, 2.05) is 0 Å². The Hall–Kier alpha value is -2.63. The fraction of sp³-hybridized carbons (Fsp3) is 0.278. The van der Waals surface area contributed by atoms with E-state index in [1.54, 1.807) is 13.8 Å². The lowest BCUT2D eigenvalue weighted by molar-refractivity contribution is 0.520. The minimum atomic E-state index is -4.06. The maximum absolute atomic E-state index is 12.9. The Bertz CT molecular complexity index is 1380. The van der Waals surface area contributed by atoms with E-state index in [9.17, 15) is 21.6 Å². The van der Waals surface area contributed by atoms with Crippen LogP contribution >= 0.6 is 0 Å². The van der Waals surface area contributed by atoms with Crippen LogP contribution in [0, 0.1) is 13.8 Å². The Morgan fingerprint density at radius 1 is 1.00 bits per heavy atom. The van der Waals surface area contributed by atoms with Crippen molar-refractivity contribution in [3.8, 4) is 0 Å². The zero-order chi connectivity index (χ0) is 21.7. The van der Waals surface area contributed by atoms with Crippen LogP contribution in [0.4, 0.5) is 5.69 Å². The molecule has 0 aliphatic rings. The SMILES string of the molecule is Cc1cc(S(=O)(=O)N(C)C)cc(NS(=O)(=O)c2ccc3c(c2)oc(=O)n3C)c1C. The van der Waals surface area contributed by atoms with Crippen molar-refractivity contribution in [3.63, 3.8) is 0 Å². The number of anilines is 1. The van der Waals surface area contributed by atoms with Gasteiger partial charge in [0, 0.05) is 27.2 Å². The second kappa shape index (κ2) is 7.01. The number of hydrogen-bond acceptors (Lipinski definition) is 6. The van der Waals surface area contributed by atoms with E-state index in [2.05, 4.69) is 4.72 Å². The van der Waals surface area contributed by atoms with E-state index in [1.165, 1.54) is 56.0 Å². The Balaban J connectivity index is 2.09. The van der Waals surface area contributed by atoms with Crippen molar-refractivity contribution in [2.24, 2.45) is 7.05 Å². The Morgan fingerprint density at radius 2 is 1.66 bits per heavy atom. The molecule has 0 atom stereocenters. The molecule has 0 unspecified atom stereocenters. The molecule has 3 aromatic rings. The molecular weight excluding hydrogens is 418 g/mol. The highest BCUT2D eigenvalue weighted by Crippen LogP contribution is 2.28. The number of rotatable bonds is 5. The fourth-order valence-corrected chi connectivity index (χ4v) is 4.92. The van der Waals surface area contributed by atoms with Gasteiger partial charge in [-0.3, -0.25) is 9.29 Å². The molecule has 2 aromatic carbocycles. The highest BCUT2D eigenvalue weighted by Gasteiger charge is 2.23. The summed E-state index contributed by atoms with van der Waals surface area (Å²) in [6, 6.07) is 6.85. The minimum absolute atomic E-state index is 0.0205. The lowest BCUT2D eigenvalue weighted by Gasteiger charge is -2.17. The Morgan fingerprint density at radius 3 is 2.28 bits per heavy atom. The zero-order valence-electron chi connectivity index (χ0n) is 16.5. The standard InChI is InChI=1S/C18H21N3O6S2/c1-11-8-14(29(25,26)20(3)4)9-15(12(11)2)19-28(23,24)13-6-7-16-17(10-13)27-18(22)21(16)5/h6-10,19H,1-5H3. The predicted octanol–water partition coefficient (Wildman–Crippen LogP) is 1.80. The van der Waals surface area contributed by atoms with Gasteiger partial charge in [-0.15, -0.1) is 0 Å². The van der Waals surface area contributed by atoms with E-state index in [-0.39, 0.29) is 21.1 Å². The van der Waals surface area contributed by atoms with Crippen molar-refractivity contribution in [2.75, 3.05) is 18.8 Å². The third-order valence-electron chi connectivity index (χ3n) is 4.74. The molecule has 0 spiro atoms. The number of benzene rings is 2. The van der Waals surface area contributed by atoms with E-state index in [0.717, 1.165) is 4.31 Å².